The maximum Gasteiger partial charge on any atom is 0.231 e. The number of fused-ring (bicyclic) bond motifs is 1. The molecule has 2 aromatic rings. The molecule has 3 heteroatoms. The molecule has 2 aromatic carbocycles. The Hall–Kier alpha value is -2.55. The summed E-state index contributed by atoms with van der Waals surface area (Å²) in [5.41, 5.74) is 7.34. The van der Waals surface area contributed by atoms with Gasteiger partial charge in [0.15, 0.2) is 17.3 Å². The molecule has 0 atom stereocenters. The van der Waals surface area contributed by atoms with Crippen LogP contribution in [0.2, 0.25) is 0 Å². The monoisotopic (exact) mass is 322 g/mol. The van der Waals surface area contributed by atoms with Gasteiger partial charge in [-0.25, -0.2) is 0 Å². The number of rotatable bonds is 3. The Kier molecular flexibility index (Phi) is 4.18. The van der Waals surface area contributed by atoms with Gasteiger partial charge in [0.2, 0.25) is 6.79 Å². The second kappa shape index (κ2) is 6.16. The molecule has 1 aliphatic heterocycles. The Labute approximate surface area is 142 Å². The Morgan fingerprint density at radius 2 is 1.67 bits per heavy atom. The number of carbonyl (C=O) groups is 1. The minimum Gasteiger partial charge on any atom is -0.454 e. The molecule has 0 N–H and O–H groups in total. The van der Waals surface area contributed by atoms with Crippen LogP contribution in [0.3, 0.4) is 0 Å². The molecule has 0 aromatic heterocycles. The number of hydrogen-bond donors (Lipinski definition) is 0. The third kappa shape index (κ3) is 2.82. The van der Waals surface area contributed by atoms with Gasteiger partial charge in [-0.15, -0.1) is 0 Å². The molecular formula is C21H22O3. The first-order valence-electron chi connectivity index (χ1n) is 8.08. The van der Waals surface area contributed by atoms with Crippen LogP contribution >= 0.6 is 0 Å². The minimum absolute atomic E-state index is 0.0222. The lowest BCUT2D eigenvalue weighted by Crippen LogP contribution is -2.03. The van der Waals surface area contributed by atoms with E-state index < -0.39 is 0 Å². The van der Waals surface area contributed by atoms with Gasteiger partial charge in [0.05, 0.1) is 0 Å². The first-order chi connectivity index (χ1) is 11.4. The Balaban J connectivity index is 1.91. The van der Waals surface area contributed by atoms with E-state index in [0.29, 0.717) is 0 Å². The molecule has 1 aliphatic rings. The number of ketones is 1. The van der Waals surface area contributed by atoms with Crippen molar-refractivity contribution in [2.24, 2.45) is 0 Å². The molecule has 0 amide bonds. The van der Waals surface area contributed by atoms with Crippen LogP contribution in [0.5, 0.6) is 11.5 Å². The van der Waals surface area contributed by atoms with E-state index >= 15 is 0 Å². The largest absolute Gasteiger partial charge is 0.454 e. The van der Waals surface area contributed by atoms with E-state index in [0.717, 1.165) is 39.3 Å². The van der Waals surface area contributed by atoms with Crippen molar-refractivity contribution in [1.82, 2.24) is 0 Å². The van der Waals surface area contributed by atoms with E-state index in [9.17, 15) is 4.79 Å². The van der Waals surface area contributed by atoms with Gasteiger partial charge in [-0.1, -0.05) is 6.08 Å². The van der Waals surface area contributed by atoms with Gasteiger partial charge in [0, 0.05) is 5.56 Å². The van der Waals surface area contributed by atoms with E-state index in [2.05, 4.69) is 13.8 Å². The zero-order valence-corrected chi connectivity index (χ0v) is 14.8. The van der Waals surface area contributed by atoms with E-state index in [1.807, 2.05) is 45.0 Å². The van der Waals surface area contributed by atoms with Crippen molar-refractivity contribution in [3.8, 4) is 11.5 Å². The SMILES string of the molecule is Cc1cc(C(=O)/C=C/c2cc(C)c3c(c2)OCO3)c(C)c(C)c1C. The van der Waals surface area contributed by atoms with Crippen molar-refractivity contribution < 1.29 is 14.3 Å². The highest BCUT2D eigenvalue weighted by Crippen LogP contribution is 2.36. The Morgan fingerprint density at radius 3 is 2.42 bits per heavy atom. The van der Waals surface area contributed by atoms with Gasteiger partial charge in [-0.3, -0.25) is 4.79 Å². The van der Waals surface area contributed by atoms with Gasteiger partial charge in [-0.05, 0) is 92.3 Å². The number of carbonyl (C=O) groups excluding carboxylic acids is 1. The molecule has 24 heavy (non-hydrogen) atoms. The van der Waals surface area contributed by atoms with Crippen LogP contribution in [0.25, 0.3) is 6.08 Å². The topological polar surface area (TPSA) is 35.5 Å². The van der Waals surface area contributed by atoms with Crippen LogP contribution in [0, 0.1) is 34.6 Å². The smallest absolute Gasteiger partial charge is 0.231 e. The van der Waals surface area contributed by atoms with Crippen molar-refractivity contribution in [2.45, 2.75) is 34.6 Å². The quantitative estimate of drug-likeness (QED) is 0.598. The fraction of sp³-hybridized carbons (Fsp3) is 0.286. The van der Waals surface area contributed by atoms with Crippen molar-refractivity contribution >= 4 is 11.9 Å². The highest BCUT2D eigenvalue weighted by Gasteiger charge is 2.16. The predicted molar refractivity (Wildman–Crippen MR) is 96.1 cm³/mol. The summed E-state index contributed by atoms with van der Waals surface area (Å²) in [6, 6.07) is 5.88. The molecule has 0 radical (unpaired) electrons. The number of allylic oxidation sites excluding steroid dienone is 1. The van der Waals surface area contributed by atoms with Crippen LogP contribution < -0.4 is 9.47 Å². The van der Waals surface area contributed by atoms with Crippen molar-refractivity contribution in [3.05, 3.63) is 63.2 Å². The summed E-state index contributed by atoms with van der Waals surface area (Å²) in [6.07, 6.45) is 3.47. The summed E-state index contributed by atoms with van der Waals surface area (Å²) in [7, 11) is 0. The zero-order valence-electron chi connectivity index (χ0n) is 14.8. The van der Waals surface area contributed by atoms with Gasteiger partial charge in [-0.2, -0.15) is 0 Å². The lowest BCUT2D eigenvalue weighted by Gasteiger charge is -2.12. The third-order valence-electron chi connectivity index (χ3n) is 4.85. The van der Waals surface area contributed by atoms with E-state index in [4.69, 9.17) is 9.47 Å². The first-order valence-corrected chi connectivity index (χ1v) is 8.08. The van der Waals surface area contributed by atoms with Crippen LogP contribution in [-0.2, 0) is 0 Å². The normalized spacial score (nSPS) is 12.9. The summed E-state index contributed by atoms with van der Waals surface area (Å²) in [6.45, 7) is 10.4. The maximum atomic E-state index is 12.6. The van der Waals surface area contributed by atoms with Crippen LogP contribution in [-0.4, -0.2) is 12.6 Å². The Bertz CT molecular complexity index is 860. The molecule has 0 bridgehead atoms. The average Bonchev–Trinajstić information content (AvgIpc) is 3.03. The highest BCUT2D eigenvalue weighted by molar-refractivity contribution is 6.08. The van der Waals surface area contributed by atoms with E-state index in [-0.39, 0.29) is 12.6 Å². The molecule has 0 spiro atoms. The second-order valence-electron chi connectivity index (χ2n) is 6.39. The number of ether oxygens (including phenoxy) is 2. The summed E-state index contributed by atoms with van der Waals surface area (Å²) >= 11 is 0. The number of aryl methyl sites for hydroxylation is 2. The average molecular weight is 322 g/mol. The number of hydrogen-bond acceptors (Lipinski definition) is 3. The Morgan fingerprint density at radius 1 is 0.917 bits per heavy atom. The van der Waals surface area contributed by atoms with Crippen LogP contribution in [0.4, 0.5) is 0 Å². The molecule has 0 saturated carbocycles. The molecule has 0 aliphatic carbocycles. The fourth-order valence-corrected chi connectivity index (χ4v) is 3.04. The van der Waals surface area contributed by atoms with Crippen molar-refractivity contribution in [2.75, 3.05) is 6.79 Å². The minimum atomic E-state index is 0.0222. The third-order valence-corrected chi connectivity index (χ3v) is 4.85. The van der Waals surface area contributed by atoms with Crippen LogP contribution in [0.1, 0.15) is 43.7 Å². The fourth-order valence-electron chi connectivity index (χ4n) is 3.04. The molecule has 0 saturated heterocycles. The molecule has 0 fully saturated rings. The standard InChI is InChI=1S/C21H22O3/c1-12-9-18(16(5)15(4)14(12)3)19(22)7-6-17-8-13(2)21-20(10-17)23-11-24-21/h6-10H,11H2,1-5H3/b7-6+. The highest BCUT2D eigenvalue weighted by atomic mass is 16.7. The maximum absolute atomic E-state index is 12.6. The van der Waals surface area contributed by atoms with Gasteiger partial charge in [0.1, 0.15) is 0 Å². The molecule has 3 nitrogen and oxygen atoms in total. The summed E-state index contributed by atoms with van der Waals surface area (Å²) in [4.78, 5) is 12.6. The second-order valence-corrected chi connectivity index (χ2v) is 6.39. The van der Waals surface area contributed by atoms with Crippen molar-refractivity contribution in [1.29, 1.82) is 0 Å². The predicted octanol–water partition coefficient (Wildman–Crippen LogP) is 4.85. The van der Waals surface area contributed by atoms with E-state index in [1.54, 1.807) is 6.08 Å². The zero-order chi connectivity index (χ0) is 17.4. The summed E-state index contributed by atoms with van der Waals surface area (Å²) in [5, 5.41) is 0. The van der Waals surface area contributed by atoms with Crippen molar-refractivity contribution in [3.63, 3.8) is 0 Å². The van der Waals surface area contributed by atoms with E-state index in [1.165, 1.54) is 11.1 Å². The molecular weight excluding hydrogens is 300 g/mol. The van der Waals surface area contributed by atoms with Crippen LogP contribution in [0.15, 0.2) is 24.3 Å². The first kappa shape index (κ1) is 16.3. The number of benzene rings is 2. The van der Waals surface area contributed by atoms with Gasteiger partial charge in [0.25, 0.3) is 0 Å². The lowest BCUT2D eigenvalue weighted by molar-refractivity contribution is 0.104. The molecule has 1 heterocycles. The molecule has 0 unspecified atom stereocenters. The summed E-state index contributed by atoms with van der Waals surface area (Å²) in [5.74, 6) is 1.55. The summed E-state index contributed by atoms with van der Waals surface area (Å²) < 4.78 is 10.9. The molecule has 3 rings (SSSR count). The lowest BCUT2D eigenvalue weighted by atomic mass is 9.92. The molecule has 124 valence electrons. The van der Waals surface area contributed by atoms with Gasteiger partial charge < -0.3 is 9.47 Å². The van der Waals surface area contributed by atoms with Gasteiger partial charge >= 0.3 is 0 Å².